The zero-order chi connectivity index (χ0) is 24.0. The molecular formula is C24H22F3N3O3. The maximum absolute atomic E-state index is 13.9. The van der Waals surface area contributed by atoms with Crippen LogP contribution in [0.4, 0.5) is 13.2 Å². The third-order valence-electron chi connectivity index (χ3n) is 4.73. The molecule has 0 bridgehead atoms. The van der Waals surface area contributed by atoms with Gasteiger partial charge in [-0.15, -0.1) is 0 Å². The molecule has 0 saturated carbocycles. The highest BCUT2D eigenvalue weighted by atomic mass is 19.1. The number of carbonyl (C=O) groups excluding carboxylic acids is 2. The number of aromatic nitrogens is 1. The minimum absolute atomic E-state index is 0.107. The summed E-state index contributed by atoms with van der Waals surface area (Å²) in [6, 6.07) is 10.8. The predicted molar refractivity (Wildman–Crippen MR) is 115 cm³/mol. The van der Waals surface area contributed by atoms with Gasteiger partial charge >= 0.3 is 0 Å². The second-order valence-electron chi connectivity index (χ2n) is 7.57. The zero-order valence-electron chi connectivity index (χ0n) is 17.9. The van der Waals surface area contributed by atoms with Gasteiger partial charge < -0.3 is 15.4 Å². The summed E-state index contributed by atoms with van der Waals surface area (Å²) >= 11 is 0. The van der Waals surface area contributed by atoms with Gasteiger partial charge in [-0.25, -0.2) is 18.2 Å². The van der Waals surface area contributed by atoms with Gasteiger partial charge in [0.1, 0.15) is 34.8 Å². The van der Waals surface area contributed by atoms with Crippen LogP contribution in [0.15, 0.2) is 60.8 Å². The number of nitrogens with one attached hydrogen (secondary N) is 2. The van der Waals surface area contributed by atoms with E-state index in [2.05, 4.69) is 15.6 Å². The van der Waals surface area contributed by atoms with E-state index in [0.29, 0.717) is 11.3 Å². The second-order valence-corrected chi connectivity index (χ2v) is 7.57. The van der Waals surface area contributed by atoms with Crippen LogP contribution < -0.4 is 15.4 Å². The summed E-state index contributed by atoms with van der Waals surface area (Å²) in [6.45, 7) is 3.51. The van der Waals surface area contributed by atoms with E-state index in [1.807, 2.05) is 0 Å². The number of benzene rings is 2. The van der Waals surface area contributed by atoms with Crippen molar-refractivity contribution >= 4 is 11.8 Å². The number of carbonyl (C=O) groups is 2. The fourth-order valence-corrected chi connectivity index (χ4v) is 2.96. The van der Waals surface area contributed by atoms with Crippen molar-refractivity contribution in [2.45, 2.75) is 26.4 Å². The zero-order valence-corrected chi connectivity index (χ0v) is 17.9. The quantitative estimate of drug-likeness (QED) is 0.527. The van der Waals surface area contributed by atoms with Gasteiger partial charge in [0.2, 0.25) is 11.8 Å². The molecule has 0 fully saturated rings. The molecule has 2 amide bonds. The van der Waals surface area contributed by atoms with E-state index < -0.39 is 35.1 Å². The normalized spacial score (nSPS) is 11.7. The van der Waals surface area contributed by atoms with E-state index in [1.165, 1.54) is 30.5 Å². The van der Waals surface area contributed by atoms with E-state index in [-0.39, 0.29) is 24.2 Å². The van der Waals surface area contributed by atoms with Crippen molar-refractivity contribution in [2.24, 2.45) is 5.92 Å². The SMILES string of the molecule is CC(C)[C@H](NC(=O)c1c(F)cccc1F)C(=O)NCc1ccc(Oc2ccc(F)cc2)nc1. The minimum Gasteiger partial charge on any atom is -0.439 e. The Morgan fingerprint density at radius 3 is 2.21 bits per heavy atom. The van der Waals surface area contributed by atoms with Gasteiger partial charge in [-0.1, -0.05) is 26.0 Å². The monoisotopic (exact) mass is 457 g/mol. The highest BCUT2D eigenvalue weighted by molar-refractivity contribution is 5.98. The van der Waals surface area contributed by atoms with Gasteiger partial charge in [0, 0.05) is 18.8 Å². The van der Waals surface area contributed by atoms with E-state index in [0.717, 1.165) is 18.2 Å². The number of hydrogen-bond donors (Lipinski definition) is 2. The molecule has 9 heteroatoms. The molecule has 33 heavy (non-hydrogen) atoms. The van der Waals surface area contributed by atoms with Crippen LogP contribution in [-0.4, -0.2) is 22.8 Å². The van der Waals surface area contributed by atoms with Crippen LogP contribution in [0.1, 0.15) is 29.8 Å². The van der Waals surface area contributed by atoms with Gasteiger partial charge in [0.05, 0.1) is 0 Å². The van der Waals surface area contributed by atoms with Crippen molar-refractivity contribution in [1.82, 2.24) is 15.6 Å². The third-order valence-corrected chi connectivity index (χ3v) is 4.73. The lowest BCUT2D eigenvalue weighted by Gasteiger charge is -2.22. The number of pyridine rings is 1. The lowest BCUT2D eigenvalue weighted by atomic mass is 10.0. The molecule has 1 atom stereocenters. The fraction of sp³-hybridized carbons (Fsp3) is 0.208. The molecule has 1 aromatic heterocycles. The highest BCUT2D eigenvalue weighted by Gasteiger charge is 2.27. The molecule has 3 aromatic rings. The minimum atomic E-state index is -1.01. The number of nitrogens with zero attached hydrogens (tertiary/aromatic N) is 1. The standard InChI is InChI=1S/C24H22F3N3O3/c1-14(2)22(30-23(31)21-18(26)4-3-5-19(21)27)24(32)29-13-15-6-11-20(28-12-15)33-17-9-7-16(25)8-10-17/h3-12,14,22H,13H2,1-2H3,(H,29,32)(H,30,31)/t22-/m0/s1. The smallest absolute Gasteiger partial charge is 0.257 e. The van der Waals surface area contributed by atoms with Crippen molar-refractivity contribution in [1.29, 1.82) is 0 Å². The van der Waals surface area contributed by atoms with Crippen LogP contribution in [0.2, 0.25) is 0 Å². The van der Waals surface area contributed by atoms with Crippen molar-refractivity contribution in [2.75, 3.05) is 0 Å². The molecule has 0 aliphatic rings. The van der Waals surface area contributed by atoms with Crippen LogP contribution >= 0.6 is 0 Å². The molecule has 2 aromatic carbocycles. The lowest BCUT2D eigenvalue weighted by Crippen LogP contribution is -2.49. The topological polar surface area (TPSA) is 80.3 Å². The Balaban J connectivity index is 1.59. The fourth-order valence-electron chi connectivity index (χ4n) is 2.96. The molecule has 0 radical (unpaired) electrons. The molecule has 2 N–H and O–H groups in total. The summed E-state index contributed by atoms with van der Waals surface area (Å²) in [5.41, 5.74) is -0.0827. The summed E-state index contributed by atoms with van der Waals surface area (Å²) in [5, 5.41) is 5.08. The Bertz CT molecular complexity index is 1100. The van der Waals surface area contributed by atoms with Gasteiger partial charge in [-0.2, -0.15) is 0 Å². The van der Waals surface area contributed by atoms with Gasteiger partial charge in [-0.3, -0.25) is 9.59 Å². The number of rotatable bonds is 8. The van der Waals surface area contributed by atoms with Gasteiger partial charge in [-0.05, 0) is 47.9 Å². The number of hydrogen-bond acceptors (Lipinski definition) is 4. The molecule has 172 valence electrons. The van der Waals surface area contributed by atoms with Crippen LogP contribution in [0.5, 0.6) is 11.6 Å². The largest absolute Gasteiger partial charge is 0.439 e. The van der Waals surface area contributed by atoms with E-state index >= 15 is 0 Å². The Morgan fingerprint density at radius 2 is 1.64 bits per heavy atom. The van der Waals surface area contributed by atoms with Crippen LogP contribution in [0.25, 0.3) is 0 Å². The van der Waals surface area contributed by atoms with E-state index in [4.69, 9.17) is 4.74 Å². The Kier molecular flexibility index (Phi) is 7.66. The Morgan fingerprint density at radius 1 is 0.970 bits per heavy atom. The first-order chi connectivity index (χ1) is 15.7. The highest BCUT2D eigenvalue weighted by Crippen LogP contribution is 2.19. The summed E-state index contributed by atoms with van der Waals surface area (Å²) in [6.07, 6.45) is 1.50. The molecule has 0 aliphatic heterocycles. The number of halogens is 3. The van der Waals surface area contributed by atoms with Crippen LogP contribution in [-0.2, 0) is 11.3 Å². The van der Waals surface area contributed by atoms with E-state index in [9.17, 15) is 22.8 Å². The first-order valence-corrected chi connectivity index (χ1v) is 10.2. The first kappa shape index (κ1) is 23.8. The van der Waals surface area contributed by atoms with Crippen LogP contribution in [0, 0.1) is 23.4 Å². The second kappa shape index (κ2) is 10.6. The predicted octanol–water partition coefficient (Wildman–Crippen LogP) is 4.36. The maximum Gasteiger partial charge on any atom is 0.257 e. The molecule has 0 aliphatic carbocycles. The summed E-state index contributed by atoms with van der Waals surface area (Å²) in [4.78, 5) is 29.2. The van der Waals surface area contributed by atoms with Crippen molar-refractivity contribution in [3.8, 4) is 11.6 Å². The molecular weight excluding hydrogens is 435 g/mol. The van der Waals surface area contributed by atoms with Crippen LogP contribution in [0.3, 0.4) is 0 Å². The molecule has 6 nitrogen and oxygen atoms in total. The maximum atomic E-state index is 13.9. The molecule has 1 heterocycles. The first-order valence-electron chi connectivity index (χ1n) is 10.2. The average molecular weight is 457 g/mol. The number of ether oxygens (including phenoxy) is 1. The summed E-state index contributed by atoms with van der Waals surface area (Å²) < 4.78 is 46.2. The van der Waals surface area contributed by atoms with Crippen molar-refractivity contribution in [3.63, 3.8) is 0 Å². The lowest BCUT2D eigenvalue weighted by molar-refractivity contribution is -0.124. The molecule has 0 unspecified atom stereocenters. The van der Waals surface area contributed by atoms with Crippen molar-refractivity contribution in [3.05, 3.63) is 89.4 Å². The van der Waals surface area contributed by atoms with Gasteiger partial charge in [0.25, 0.3) is 5.91 Å². The average Bonchev–Trinajstić information content (AvgIpc) is 2.78. The molecule has 0 saturated heterocycles. The summed E-state index contributed by atoms with van der Waals surface area (Å²) in [5.74, 6) is -3.55. The Labute approximate surface area is 188 Å². The Hall–Kier alpha value is -3.88. The molecule has 0 spiro atoms. The van der Waals surface area contributed by atoms with Crippen molar-refractivity contribution < 1.29 is 27.5 Å². The van der Waals surface area contributed by atoms with E-state index in [1.54, 1.807) is 26.0 Å². The van der Waals surface area contributed by atoms with Gasteiger partial charge in [0.15, 0.2) is 0 Å². The summed E-state index contributed by atoms with van der Waals surface area (Å²) in [7, 11) is 0. The molecule has 3 rings (SSSR count). The third kappa shape index (κ3) is 6.31. The number of amides is 2.